The van der Waals surface area contributed by atoms with Crippen molar-refractivity contribution in [3.63, 3.8) is 0 Å². The van der Waals surface area contributed by atoms with E-state index in [1.165, 1.54) is 17.8 Å². The molecule has 0 aliphatic rings. The zero-order valence-corrected chi connectivity index (χ0v) is 12.9. The Morgan fingerprint density at radius 1 is 1.52 bits per heavy atom. The zero-order valence-electron chi connectivity index (χ0n) is 12.9. The van der Waals surface area contributed by atoms with E-state index in [1.54, 1.807) is 38.4 Å². The molecule has 23 heavy (non-hydrogen) atoms. The van der Waals surface area contributed by atoms with Gasteiger partial charge in [0.1, 0.15) is 17.4 Å². The molecule has 9 nitrogen and oxygen atoms in total. The largest absolute Gasteiger partial charge is 0.312 e. The minimum Gasteiger partial charge on any atom is -0.271 e. The molecule has 0 fully saturated rings. The van der Waals surface area contributed by atoms with Gasteiger partial charge in [-0.1, -0.05) is 6.07 Å². The third-order valence-electron chi connectivity index (χ3n) is 3.29. The van der Waals surface area contributed by atoms with Gasteiger partial charge in [-0.15, -0.1) is 0 Å². The predicted octanol–water partition coefficient (Wildman–Crippen LogP) is 1.51. The fourth-order valence-electron chi connectivity index (χ4n) is 2.12. The Hall–Kier alpha value is -3.10. The maximum absolute atomic E-state index is 12.1. The molecule has 0 saturated heterocycles. The number of nitrogens with one attached hydrogen (secondary N) is 1. The number of hydrogen-bond donors (Lipinski definition) is 1. The molecule has 0 spiro atoms. The van der Waals surface area contributed by atoms with Crippen molar-refractivity contribution in [2.45, 2.75) is 26.8 Å². The number of aromatic nitrogens is 3. The summed E-state index contributed by atoms with van der Waals surface area (Å²) >= 11 is 0. The summed E-state index contributed by atoms with van der Waals surface area (Å²) in [4.78, 5) is 26.5. The van der Waals surface area contributed by atoms with E-state index in [9.17, 15) is 14.9 Å². The molecule has 0 radical (unpaired) electrons. The van der Waals surface area contributed by atoms with E-state index in [2.05, 4.69) is 20.6 Å². The van der Waals surface area contributed by atoms with Gasteiger partial charge in [0, 0.05) is 18.0 Å². The van der Waals surface area contributed by atoms with Crippen LogP contribution in [-0.4, -0.2) is 31.8 Å². The van der Waals surface area contributed by atoms with Crippen LogP contribution in [0.15, 0.2) is 29.6 Å². The van der Waals surface area contributed by atoms with Crippen LogP contribution in [0.2, 0.25) is 0 Å². The van der Waals surface area contributed by atoms with E-state index in [4.69, 9.17) is 0 Å². The summed E-state index contributed by atoms with van der Waals surface area (Å²) in [6.45, 7) is 4.69. The van der Waals surface area contributed by atoms with Gasteiger partial charge >= 0.3 is 5.69 Å². The summed E-state index contributed by atoms with van der Waals surface area (Å²) in [5.41, 5.74) is 3.64. The molecule has 1 atom stereocenters. The highest BCUT2D eigenvalue weighted by atomic mass is 16.6. The van der Waals surface area contributed by atoms with E-state index in [0.29, 0.717) is 5.69 Å². The molecule has 2 heterocycles. The number of aryl methyl sites for hydroxylation is 1. The highest BCUT2D eigenvalue weighted by molar-refractivity contribution is 5.83. The molecule has 1 amide bonds. The summed E-state index contributed by atoms with van der Waals surface area (Å²) in [6, 6.07) is 2.81. The maximum Gasteiger partial charge on any atom is 0.312 e. The lowest BCUT2D eigenvalue weighted by molar-refractivity contribution is -0.386. The normalized spacial score (nSPS) is 12.3. The molecule has 120 valence electrons. The van der Waals surface area contributed by atoms with Gasteiger partial charge in [-0.2, -0.15) is 10.2 Å². The van der Waals surface area contributed by atoms with E-state index >= 15 is 0 Å². The van der Waals surface area contributed by atoms with Crippen molar-refractivity contribution in [1.82, 2.24) is 20.2 Å². The topological polar surface area (TPSA) is 115 Å². The first kappa shape index (κ1) is 16.3. The average molecular weight is 316 g/mol. The number of hydrogen-bond acceptors (Lipinski definition) is 6. The Morgan fingerprint density at radius 3 is 2.83 bits per heavy atom. The summed E-state index contributed by atoms with van der Waals surface area (Å²) in [7, 11) is 0. The van der Waals surface area contributed by atoms with Crippen molar-refractivity contribution < 1.29 is 9.72 Å². The molecule has 2 aromatic heterocycles. The van der Waals surface area contributed by atoms with E-state index in [1.807, 2.05) is 0 Å². The molecular formula is C14H16N6O3. The smallest absolute Gasteiger partial charge is 0.271 e. The first-order valence-electron chi connectivity index (χ1n) is 6.85. The van der Waals surface area contributed by atoms with Crippen molar-refractivity contribution >= 4 is 17.8 Å². The Morgan fingerprint density at radius 2 is 2.26 bits per heavy atom. The van der Waals surface area contributed by atoms with Gasteiger partial charge in [0.2, 0.25) is 0 Å². The van der Waals surface area contributed by atoms with Crippen molar-refractivity contribution in [2.24, 2.45) is 5.10 Å². The molecule has 2 aromatic rings. The van der Waals surface area contributed by atoms with E-state index < -0.39 is 16.9 Å². The third kappa shape index (κ3) is 3.57. The lowest BCUT2D eigenvalue weighted by Crippen LogP contribution is -2.28. The Bertz CT molecular complexity index is 753. The van der Waals surface area contributed by atoms with E-state index in [0.717, 1.165) is 5.56 Å². The molecule has 9 heteroatoms. The predicted molar refractivity (Wildman–Crippen MR) is 83.0 cm³/mol. The highest BCUT2D eigenvalue weighted by Gasteiger charge is 2.26. The summed E-state index contributed by atoms with van der Waals surface area (Å²) in [6.07, 6.45) is 4.69. The summed E-state index contributed by atoms with van der Waals surface area (Å²) in [5.74, 6) is -0.425. The standard InChI is InChI=1S/C14H16N6O3/c1-9-13(20(22)23)10(2)19(18-9)11(3)14(21)17-16-8-12-5-4-6-15-7-12/h4-8,11H,1-3H3,(H,17,21). The number of hydrazone groups is 1. The molecule has 0 aliphatic heterocycles. The molecule has 1 unspecified atom stereocenters. The minimum atomic E-state index is -0.728. The lowest BCUT2D eigenvalue weighted by atomic mass is 10.3. The van der Waals surface area contributed by atoms with Crippen molar-refractivity contribution in [1.29, 1.82) is 0 Å². The van der Waals surface area contributed by atoms with Gasteiger partial charge in [0.25, 0.3) is 5.91 Å². The molecule has 1 N–H and O–H groups in total. The maximum atomic E-state index is 12.1. The number of rotatable bonds is 5. The van der Waals surface area contributed by atoms with Crippen LogP contribution in [0.4, 0.5) is 5.69 Å². The van der Waals surface area contributed by atoms with Crippen molar-refractivity contribution in [2.75, 3.05) is 0 Å². The van der Waals surface area contributed by atoms with Crippen molar-refractivity contribution in [3.8, 4) is 0 Å². The van der Waals surface area contributed by atoms with Crippen LogP contribution in [0.1, 0.15) is 29.9 Å². The van der Waals surface area contributed by atoms with Crippen LogP contribution in [0, 0.1) is 24.0 Å². The monoisotopic (exact) mass is 316 g/mol. The fraction of sp³-hybridized carbons (Fsp3) is 0.286. The molecule has 0 saturated carbocycles. The fourth-order valence-corrected chi connectivity index (χ4v) is 2.12. The van der Waals surface area contributed by atoms with E-state index in [-0.39, 0.29) is 11.4 Å². The van der Waals surface area contributed by atoms with Gasteiger partial charge < -0.3 is 0 Å². The van der Waals surface area contributed by atoms with Gasteiger partial charge in [-0.3, -0.25) is 24.6 Å². The number of carbonyl (C=O) groups excluding carboxylic acids is 1. The lowest BCUT2D eigenvalue weighted by Gasteiger charge is -2.11. The number of pyridine rings is 1. The minimum absolute atomic E-state index is 0.0801. The number of nitro groups is 1. The van der Waals surface area contributed by atoms with Gasteiger partial charge in [-0.25, -0.2) is 5.43 Å². The first-order valence-corrected chi connectivity index (χ1v) is 6.85. The zero-order chi connectivity index (χ0) is 17.0. The second-order valence-corrected chi connectivity index (χ2v) is 4.92. The second-order valence-electron chi connectivity index (χ2n) is 4.92. The molecular weight excluding hydrogens is 300 g/mol. The van der Waals surface area contributed by atoms with Crippen LogP contribution in [0.3, 0.4) is 0 Å². The second kappa shape index (κ2) is 6.77. The van der Waals surface area contributed by atoms with Crippen LogP contribution in [-0.2, 0) is 4.79 Å². The Kier molecular flexibility index (Phi) is 4.79. The quantitative estimate of drug-likeness (QED) is 0.510. The molecule has 2 rings (SSSR count). The van der Waals surface area contributed by atoms with Gasteiger partial charge in [-0.05, 0) is 26.8 Å². The third-order valence-corrected chi connectivity index (χ3v) is 3.29. The van der Waals surface area contributed by atoms with Crippen LogP contribution in [0.5, 0.6) is 0 Å². The van der Waals surface area contributed by atoms with Gasteiger partial charge in [0.15, 0.2) is 0 Å². The number of nitrogens with zero attached hydrogens (tertiary/aromatic N) is 5. The van der Waals surface area contributed by atoms with Crippen LogP contribution in [0.25, 0.3) is 0 Å². The summed E-state index contributed by atoms with van der Waals surface area (Å²) in [5, 5.41) is 18.9. The Balaban J connectivity index is 2.10. The number of carbonyl (C=O) groups is 1. The van der Waals surface area contributed by atoms with Crippen LogP contribution >= 0.6 is 0 Å². The highest BCUT2D eigenvalue weighted by Crippen LogP contribution is 2.24. The first-order chi connectivity index (χ1) is 10.9. The number of amides is 1. The molecule has 0 aliphatic carbocycles. The van der Waals surface area contributed by atoms with Gasteiger partial charge in [0.05, 0.1) is 11.1 Å². The van der Waals surface area contributed by atoms with Crippen molar-refractivity contribution in [3.05, 3.63) is 51.6 Å². The average Bonchev–Trinajstić information content (AvgIpc) is 2.82. The molecule has 0 aromatic carbocycles. The molecule has 0 bridgehead atoms. The SMILES string of the molecule is Cc1nn(C(C)C(=O)NN=Cc2cccnc2)c(C)c1[N+](=O)[O-]. The summed E-state index contributed by atoms with van der Waals surface area (Å²) < 4.78 is 1.32. The Labute approximate surface area is 132 Å². The van der Waals surface area contributed by atoms with Crippen LogP contribution < -0.4 is 5.43 Å².